The van der Waals surface area contributed by atoms with Gasteiger partial charge in [0.15, 0.2) is 0 Å². The molecule has 1 saturated heterocycles. The quantitative estimate of drug-likeness (QED) is 0.322. The smallest absolute Gasteiger partial charge is 0.307 e. The Morgan fingerprint density at radius 1 is 1.00 bits per heavy atom. The van der Waals surface area contributed by atoms with Gasteiger partial charge in [0.1, 0.15) is 11.9 Å². The minimum absolute atomic E-state index is 0.0346. The Morgan fingerprint density at radius 3 is 2.44 bits per heavy atom. The predicted octanol–water partition coefficient (Wildman–Crippen LogP) is 6.68. The standard InChI is InChI=1S/C31H44O5/c1-18-7-10-27(34-17-18)19(2)29-28(36-21(4)33)16-26-24-9-8-22-15-23(35-20(3)32)11-13-30(22,5)25(24)12-14-31(26,29)6/h8,15,18,24-28H,7,9-14,16-17H2,1-6H3/b29-19+. The summed E-state index contributed by atoms with van der Waals surface area (Å²) < 4.78 is 17.9. The largest absolute Gasteiger partial charge is 0.458 e. The number of esters is 2. The van der Waals surface area contributed by atoms with E-state index < -0.39 is 0 Å². The SMILES string of the molecule is CC(=O)OC1=CC2=CCC3C(CCC4(C)/C(=C(\C)C5CCC(C)CO5)C(OC(C)=O)CC34)C2(C)CC1. The van der Waals surface area contributed by atoms with E-state index in [2.05, 4.69) is 39.8 Å². The molecule has 5 nitrogen and oxygen atoms in total. The van der Waals surface area contributed by atoms with Crippen LogP contribution in [0.15, 0.2) is 34.6 Å². The van der Waals surface area contributed by atoms with Gasteiger partial charge in [-0.25, -0.2) is 0 Å². The van der Waals surface area contributed by atoms with Gasteiger partial charge in [0.2, 0.25) is 0 Å². The fourth-order valence-electron chi connectivity index (χ4n) is 8.78. The molecule has 0 N–H and O–H groups in total. The van der Waals surface area contributed by atoms with Crippen molar-refractivity contribution in [3.63, 3.8) is 0 Å². The summed E-state index contributed by atoms with van der Waals surface area (Å²) in [4.78, 5) is 23.7. The van der Waals surface area contributed by atoms with Crippen LogP contribution in [0.1, 0.15) is 92.9 Å². The maximum Gasteiger partial charge on any atom is 0.307 e. The number of ether oxygens (including phenoxy) is 3. The molecule has 8 atom stereocenters. The van der Waals surface area contributed by atoms with E-state index >= 15 is 0 Å². The molecule has 5 heteroatoms. The van der Waals surface area contributed by atoms with Gasteiger partial charge >= 0.3 is 11.9 Å². The van der Waals surface area contributed by atoms with E-state index in [-0.39, 0.29) is 35.0 Å². The summed E-state index contributed by atoms with van der Waals surface area (Å²) in [6.45, 7) is 13.2. The van der Waals surface area contributed by atoms with Crippen molar-refractivity contribution in [2.24, 2.45) is 34.5 Å². The number of hydrogen-bond acceptors (Lipinski definition) is 5. The van der Waals surface area contributed by atoms with E-state index in [0.717, 1.165) is 50.9 Å². The van der Waals surface area contributed by atoms with Gasteiger partial charge < -0.3 is 14.2 Å². The van der Waals surface area contributed by atoms with Crippen molar-refractivity contribution < 1.29 is 23.8 Å². The van der Waals surface area contributed by atoms with Gasteiger partial charge in [0, 0.05) is 26.9 Å². The first kappa shape index (κ1) is 25.8. The average molecular weight is 497 g/mol. The molecule has 0 amide bonds. The van der Waals surface area contributed by atoms with Crippen LogP contribution >= 0.6 is 0 Å². The Morgan fingerprint density at radius 2 is 1.78 bits per heavy atom. The lowest BCUT2D eigenvalue weighted by molar-refractivity contribution is -0.144. The number of carbonyl (C=O) groups excluding carboxylic acids is 2. The lowest BCUT2D eigenvalue weighted by atomic mass is 9.48. The predicted molar refractivity (Wildman–Crippen MR) is 139 cm³/mol. The molecule has 0 bridgehead atoms. The van der Waals surface area contributed by atoms with Crippen LogP contribution in [0.5, 0.6) is 0 Å². The molecule has 198 valence electrons. The van der Waals surface area contributed by atoms with Crippen LogP contribution in [-0.4, -0.2) is 30.8 Å². The zero-order valence-electron chi connectivity index (χ0n) is 23.0. The number of hydrogen-bond donors (Lipinski definition) is 0. The minimum Gasteiger partial charge on any atom is -0.458 e. The highest BCUT2D eigenvalue weighted by atomic mass is 16.5. The summed E-state index contributed by atoms with van der Waals surface area (Å²) in [5.74, 6) is 2.65. The van der Waals surface area contributed by atoms with Crippen molar-refractivity contribution in [1.29, 1.82) is 0 Å². The summed E-state index contributed by atoms with van der Waals surface area (Å²) in [6, 6.07) is 0. The molecule has 0 radical (unpaired) electrons. The fourth-order valence-corrected chi connectivity index (χ4v) is 8.78. The fraction of sp³-hybridized carbons (Fsp3) is 0.742. The van der Waals surface area contributed by atoms with Crippen molar-refractivity contribution in [3.8, 4) is 0 Å². The van der Waals surface area contributed by atoms with E-state index in [1.807, 2.05) is 0 Å². The summed E-state index contributed by atoms with van der Waals surface area (Å²) in [6.07, 6.45) is 12.9. The average Bonchev–Trinajstić information content (AvgIpc) is 3.10. The van der Waals surface area contributed by atoms with Gasteiger partial charge in [-0.05, 0) is 109 Å². The molecule has 0 aromatic rings. The molecule has 0 aromatic carbocycles. The van der Waals surface area contributed by atoms with Crippen LogP contribution in [0.25, 0.3) is 0 Å². The molecule has 0 aromatic heterocycles. The van der Waals surface area contributed by atoms with E-state index in [1.54, 1.807) is 6.92 Å². The topological polar surface area (TPSA) is 61.8 Å². The number of allylic oxidation sites excluding steroid dienone is 4. The lowest BCUT2D eigenvalue weighted by Gasteiger charge is -2.56. The Hall–Kier alpha value is -1.88. The summed E-state index contributed by atoms with van der Waals surface area (Å²) in [5, 5.41) is 0. The molecular formula is C31H44O5. The van der Waals surface area contributed by atoms with Gasteiger partial charge in [-0.2, -0.15) is 0 Å². The molecule has 36 heavy (non-hydrogen) atoms. The first-order valence-corrected chi connectivity index (χ1v) is 14.1. The minimum atomic E-state index is -0.235. The van der Waals surface area contributed by atoms with Gasteiger partial charge in [-0.3, -0.25) is 9.59 Å². The highest BCUT2D eigenvalue weighted by Gasteiger charge is 2.60. The summed E-state index contributed by atoms with van der Waals surface area (Å²) >= 11 is 0. The zero-order valence-corrected chi connectivity index (χ0v) is 23.0. The van der Waals surface area contributed by atoms with E-state index in [0.29, 0.717) is 23.7 Å². The number of rotatable bonds is 3. The van der Waals surface area contributed by atoms with Crippen LogP contribution in [0.4, 0.5) is 0 Å². The Kier molecular flexibility index (Phi) is 6.76. The molecule has 1 heterocycles. The monoisotopic (exact) mass is 496 g/mol. The Balaban J connectivity index is 1.48. The Labute approximate surface area is 216 Å². The molecule has 5 rings (SSSR count). The highest BCUT2D eigenvalue weighted by molar-refractivity contribution is 5.67. The van der Waals surface area contributed by atoms with Gasteiger partial charge in [0.25, 0.3) is 0 Å². The van der Waals surface area contributed by atoms with E-state index in [9.17, 15) is 9.59 Å². The van der Waals surface area contributed by atoms with Crippen molar-refractivity contribution in [1.82, 2.24) is 0 Å². The third-order valence-electron chi connectivity index (χ3n) is 10.5. The molecule has 3 fully saturated rings. The van der Waals surface area contributed by atoms with Crippen molar-refractivity contribution in [2.75, 3.05) is 6.61 Å². The van der Waals surface area contributed by atoms with Gasteiger partial charge in [-0.15, -0.1) is 0 Å². The second kappa shape index (κ2) is 9.45. The van der Waals surface area contributed by atoms with E-state index in [4.69, 9.17) is 14.2 Å². The molecule has 8 unspecified atom stereocenters. The molecule has 2 saturated carbocycles. The normalized spacial score (nSPS) is 43.3. The lowest BCUT2D eigenvalue weighted by Crippen LogP contribution is -2.48. The van der Waals surface area contributed by atoms with Crippen LogP contribution in [0.3, 0.4) is 0 Å². The third kappa shape index (κ3) is 4.29. The van der Waals surface area contributed by atoms with Crippen molar-refractivity contribution in [3.05, 3.63) is 34.6 Å². The second-order valence-corrected chi connectivity index (χ2v) is 12.8. The summed E-state index contributed by atoms with van der Waals surface area (Å²) in [7, 11) is 0. The van der Waals surface area contributed by atoms with Crippen molar-refractivity contribution in [2.45, 2.75) is 105 Å². The second-order valence-electron chi connectivity index (χ2n) is 12.8. The maximum absolute atomic E-state index is 12.2. The van der Waals surface area contributed by atoms with Gasteiger partial charge in [0.05, 0.1) is 6.10 Å². The molecule has 4 aliphatic carbocycles. The first-order valence-electron chi connectivity index (χ1n) is 14.1. The molecule has 0 spiro atoms. The van der Waals surface area contributed by atoms with E-state index in [1.165, 1.54) is 36.5 Å². The zero-order chi connectivity index (χ0) is 25.8. The molecular weight excluding hydrogens is 452 g/mol. The summed E-state index contributed by atoms with van der Waals surface area (Å²) in [5.41, 5.74) is 4.17. The highest BCUT2D eigenvalue weighted by Crippen LogP contribution is 2.66. The maximum atomic E-state index is 12.2. The van der Waals surface area contributed by atoms with Crippen LogP contribution in [0, 0.1) is 34.5 Å². The number of fused-ring (bicyclic) bond motifs is 5. The third-order valence-corrected chi connectivity index (χ3v) is 10.5. The van der Waals surface area contributed by atoms with Crippen molar-refractivity contribution >= 4 is 11.9 Å². The number of carbonyl (C=O) groups is 2. The first-order chi connectivity index (χ1) is 17.0. The van der Waals surface area contributed by atoms with Crippen LogP contribution in [-0.2, 0) is 23.8 Å². The molecule has 5 aliphatic rings. The Bertz CT molecular complexity index is 1010. The molecule has 1 aliphatic heterocycles. The van der Waals surface area contributed by atoms with Crippen LogP contribution in [0.2, 0.25) is 0 Å². The van der Waals surface area contributed by atoms with Crippen LogP contribution < -0.4 is 0 Å². The van der Waals surface area contributed by atoms with Gasteiger partial charge in [-0.1, -0.05) is 26.8 Å².